The third-order valence-electron chi connectivity index (χ3n) is 4.50. The Morgan fingerprint density at radius 3 is 2.68 bits per heavy atom. The first-order valence-corrected chi connectivity index (χ1v) is 8.79. The number of pyridine rings is 1. The third-order valence-corrected chi connectivity index (χ3v) is 4.73. The fourth-order valence-electron chi connectivity index (χ4n) is 2.96. The van der Waals surface area contributed by atoms with E-state index in [0.717, 1.165) is 0 Å². The molecule has 1 atom stereocenters. The largest absolute Gasteiger partial charge is 0.419 e. The van der Waals surface area contributed by atoms with E-state index in [4.69, 9.17) is 16.3 Å². The number of aromatic nitrogens is 3. The lowest BCUT2D eigenvalue weighted by Crippen LogP contribution is -2.51. The van der Waals surface area contributed by atoms with Crippen LogP contribution in [0.25, 0.3) is 0 Å². The van der Waals surface area contributed by atoms with E-state index in [9.17, 15) is 14.4 Å². The van der Waals surface area contributed by atoms with Crippen LogP contribution in [0.5, 0.6) is 0 Å². The van der Waals surface area contributed by atoms with Gasteiger partial charge in [0.2, 0.25) is 12.1 Å². The van der Waals surface area contributed by atoms with Gasteiger partial charge in [-0.3, -0.25) is 19.5 Å². The molecule has 0 unspecified atom stereocenters. The Morgan fingerprint density at radius 2 is 1.96 bits per heavy atom. The van der Waals surface area contributed by atoms with Crippen LogP contribution in [-0.2, 0) is 9.53 Å². The van der Waals surface area contributed by atoms with Crippen molar-refractivity contribution in [3.8, 4) is 0 Å². The van der Waals surface area contributed by atoms with Gasteiger partial charge in [0.1, 0.15) is 18.1 Å². The van der Waals surface area contributed by atoms with Gasteiger partial charge in [-0.15, -0.1) is 0 Å². The normalized spacial score (nSPS) is 19.1. The maximum atomic E-state index is 12.8. The molecule has 4 rings (SSSR count). The lowest BCUT2D eigenvalue weighted by atomic mass is 10.3. The van der Waals surface area contributed by atoms with Crippen LogP contribution in [0.3, 0.4) is 0 Å². The maximum Gasteiger partial charge on any atom is 0.412 e. The number of piperazine rings is 1. The number of rotatable bonds is 2. The van der Waals surface area contributed by atoms with Crippen LogP contribution in [-0.4, -0.2) is 69.3 Å². The fourth-order valence-corrected chi connectivity index (χ4v) is 3.08. The summed E-state index contributed by atoms with van der Waals surface area (Å²) in [6.07, 6.45) is 2.30. The SMILES string of the molecule is CN1CCN(C(=O)O[C@H]2c3nccnc3C(=O)N2c2ccc(Cl)cn2)CC1=O. The van der Waals surface area contributed by atoms with Crippen LogP contribution < -0.4 is 4.90 Å². The molecule has 0 aliphatic carbocycles. The molecule has 2 aromatic heterocycles. The Bertz CT molecular complexity index is 953. The zero-order valence-electron chi connectivity index (χ0n) is 14.8. The van der Waals surface area contributed by atoms with Crippen LogP contribution in [0.15, 0.2) is 30.7 Å². The molecule has 1 fully saturated rings. The van der Waals surface area contributed by atoms with Gasteiger partial charge in [0.25, 0.3) is 5.91 Å². The van der Waals surface area contributed by atoms with E-state index in [2.05, 4.69) is 15.0 Å². The topological polar surface area (TPSA) is 109 Å². The number of hydrogen-bond donors (Lipinski definition) is 0. The van der Waals surface area contributed by atoms with Gasteiger partial charge in [-0.25, -0.2) is 19.7 Å². The van der Waals surface area contributed by atoms with Crippen molar-refractivity contribution in [2.24, 2.45) is 0 Å². The molecule has 0 bridgehead atoms. The number of carbonyl (C=O) groups excluding carboxylic acids is 3. The average Bonchev–Trinajstić information content (AvgIpc) is 2.97. The minimum atomic E-state index is -1.15. The third kappa shape index (κ3) is 3.11. The summed E-state index contributed by atoms with van der Waals surface area (Å²) in [5.74, 6) is -0.450. The highest BCUT2D eigenvalue weighted by molar-refractivity contribution is 6.30. The first-order chi connectivity index (χ1) is 13.5. The molecule has 2 aromatic rings. The summed E-state index contributed by atoms with van der Waals surface area (Å²) in [6.45, 7) is 0.632. The first kappa shape index (κ1) is 18.1. The summed E-state index contributed by atoms with van der Waals surface area (Å²) in [5.41, 5.74) is 0.282. The molecular formula is C17H15ClN6O4. The Morgan fingerprint density at radius 1 is 1.18 bits per heavy atom. The number of ether oxygens (including phenoxy) is 1. The lowest BCUT2D eigenvalue weighted by Gasteiger charge is -2.32. The zero-order chi connectivity index (χ0) is 19.8. The van der Waals surface area contributed by atoms with Gasteiger partial charge in [-0.2, -0.15) is 0 Å². The quantitative estimate of drug-likeness (QED) is 0.739. The van der Waals surface area contributed by atoms with Crippen molar-refractivity contribution < 1.29 is 19.1 Å². The van der Waals surface area contributed by atoms with Crippen LogP contribution in [0.1, 0.15) is 22.4 Å². The second-order valence-corrected chi connectivity index (χ2v) is 6.71. The molecule has 10 nitrogen and oxygen atoms in total. The van der Waals surface area contributed by atoms with Crippen LogP contribution >= 0.6 is 11.6 Å². The van der Waals surface area contributed by atoms with Gasteiger partial charge in [0.05, 0.1) is 5.02 Å². The summed E-state index contributed by atoms with van der Waals surface area (Å²) in [5, 5.41) is 0.397. The molecule has 0 radical (unpaired) electrons. The van der Waals surface area contributed by atoms with Crippen LogP contribution in [0.2, 0.25) is 5.02 Å². The second-order valence-electron chi connectivity index (χ2n) is 6.27. The van der Waals surface area contributed by atoms with Crippen molar-refractivity contribution >= 4 is 35.3 Å². The highest BCUT2D eigenvalue weighted by Crippen LogP contribution is 2.35. The van der Waals surface area contributed by atoms with Crippen molar-refractivity contribution in [3.63, 3.8) is 0 Å². The summed E-state index contributed by atoms with van der Waals surface area (Å²) in [7, 11) is 1.67. The summed E-state index contributed by atoms with van der Waals surface area (Å²) in [4.78, 5) is 53.7. The van der Waals surface area contributed by atoms with Crippen molar-refractivity contribution in [1.82, 2.24) is 24.8 Å². The molecule has 0 aromatic carbocycles. The Labute approximate surface area is 164 Å². The highest BCUT2D eigenvalue weighted by atomic mass is 35.5. The van der Waals surface area contributed by atoms with E-state index in [-0.39, 0.29) is 29.7 Å². The van der Waals surface area contributed by atoms with Gasteiger partial charge >= 0.3 is 6.09 Å². The number of nitrogens with zero attached hydrogens (tertiary/aromatic N) is 6. The number of halogens is 1. The number of anilines is 1. The molecule has 3 amide bonds. The molecule has 11 heteroatoms. The molecule has 2 aliphatic heterocycles. The molecule has 28 heavy (non-hydrogen) atoms. The number of hydrogen-bond acceptors (Lipinski definition) is 7. The maximum absolute atomic E-state index is 12.8. The molecule has 0 spiro atoms. The number of carbonyl (C=O) groups is 3. The lowest BCUT2D eigenvalue weighted by molar-refractivity contribution is -0.134. The van der Waals surface area contributed by atoms with Gasteiger partial charge in [-0.05, 0) is 12.1 Å². The van der Waals surface area contributed by atoms with Crippen molar-refractivity contribution in [1.29, 1.82) is 0 Å². The van der Waals surface area contributed by atoms with Crippen LogP contribution in [0, 0.1) is 0 Å². The van der Waals surface area contributed by atoms with E-state index in [1.165, 1.54) is 39.4 Å². The van der Waals surface area contributed by atoms with E-state index in [1.54, 1.807) is 13.1 Å². The number of amides is 3. The predicted octanol–water partition coefficient (Wildman–Crippen LogP) is 1.09. The van der Waals surface area contributed by atoms with Crippen molar-refractivity contribution in [2.45, 2.75) is 6.23 Å². The molecular weight excluding hydrogens is 388 g/mol. The van der Waals surface area contributed by atoms with Gasteiger partial charge in [0.15, 0.2) is 5.69 Å². The Hall–Kier alpha value is -3.27. The summed E-state index contributed by atoms with van der Waals surface area (Å²) >= 11 is 5.87. The number of fused-ring (bicyclic) bond motifs is 1. The minimum Gasteiger partial charge on any atom is -0.419 e. The summed E-state index contributed by atoms with van der Waals surface area (Å²) in [6, 6.07) is 3.10. The molecule has 0 saturated carbocycles. The first-order valence-electron chi connectivity index (χ1n) is 8.41. The van der Waals surface area contributed by atoms with Gasteiger partial charge in [0, 0.05) is 38.7 Å². The second kappa shape index (κ2) is 7.04. The number of likely N-dealkylation sites (N-methyl/N-ethyl adjacent to an activating group) is 1. The van der Waals surface area contributed by atoms with E-state index in [1.807, 2.05) is 0 Å². The molecule has 144 valence electrons. The van der Waals surface area contributed by atoms with E-state index < -0.39 is 18.2 Å². The fraction of sp³-hybridized carbons (Fsp3) is 0.294. The standard InChI is InChI=1S/C17H15ClN6O4/c1-22-6-7-23(9-12(22)25)17(27)28-16-14-13(19-4-5-20-14)15(26)24(16)11-3-2-10(18)8-21-11/h2-5,8,16H,6-7,9H2,1H3/t16-/m0/s1. The molecule has 2 aliphatic rings. The highest BCUT2D eigenvalue weighted by Gasteiger charge is 2.44. The Kier molecular flexibility index (Phi) is 4.55. The van der Waals surface area contributed by atoms with Gasteiger partial charge in [-0.1, -0.05) is 11.6 Å². The van der Waals surface area contributed by atoms with Gasteiger partial charge < -0.3 is 9.64 Å². The molecule has 0 N–H and O–H groups in total. The molecule has 1 saturated heterocycles. The van der Waals surface area contributed by atoms with Crippen molar-refractivity contribution in [2.75, 3.05) is 31.6 Å². The summed E-state index contributed by atoms with van der Waals surface area (Å²) < 4.78 is 5.57. The molecule has 4 heterocycles. The van der Waals surface area contributed by atoms with Crippen molar-refractivity contribution in [3.05, 3.63) is 47.1 Å². The average molecular weight is 403 g/mol. The predicted molar refractivity (Wildman–Crippen MR) is 96.5 cm³/mol. The van der Waals surface area contributed by atoms with E-state index in [0.29, 0.717) is 18.1 Å². The smallest absolute Gasteiger partial charge is 0.412 e. The van der Waals surface area contributed by atoms with Crippen LogP contribution in [0.4, 0.5) is 10.6 Å². The monoisotopic (exact) mass is 402 g/mol. The van der Waals surface area contributed by atoms with E-state index >= 15 is 0 Å². The minimum absolute atomic E-state index is 0.0755. The zero-order valence-corrected chi connectivity index (χ0v) is 15.5. The Balaban J connectivity index is 1.64.